The molecule has 0 N–H and O–H groups in total. The number of thiophene rings is 1. The maximum Gasteiger partial charge on any atom is 0.0991 e. The minimum atomic E-state index is 0.725. The van der Waals surface area contributed by atoms with Crippen LogP contribution in [-0.4, -0.2) is 0 Å². The zero-order chi connectivity index (χ0) is 13.1. The van der Waals surface area contributed by atoms with Gasteiger partial charge in [0.15, 0.2) is 0 Å². The van der Waals surface area contributed by atoms with Gasteiger partial charge in [-0.2, -0.15) is 5.26 Å². The van der Waals surface area contributed by atoms with Crippen molar-refractivity contribution in [2.75, 3.05) is 0 Å². The van der Waals surface area contributed by atoms with Crippen molar-refractivity contribution in [3.05, 3.63) is 65.1 Å². The van der Waals surface area contributed by atoms with Gasteiger partial charge in [-0.05, 0) is 48.1 Å². The lowest BCUT2D eigenvalue weighted by atomic mass is 10.0. The molecule has 1 heterocycles. The van der Waals surface area contributed by atoms with E-state index in [-0.39, 0.29) is 0 Å². The summed E-state index contributed by atoms with van der Waals surface area (Å²) in [5.41, 5.74) is 1.99. The summed E-state index contributed by atoms with van der Waals surface area (Å²) in [6, 6.07) is 12.9. The van der Waals surface area contributed by atoms with E-state index in [2.05, 4.69) is 42.5 Å². The number of benzene rings is 1. The van der Waals surface area contributed by atoms with Crippen LogP contribution in [0.3, 0.4) is 0 Å². The van der Waals surface area contributed by atoms with Gasteiger partial charge in [-0.25, -0.2) is 0 Å². The molecular weight excluding hydrogens is 250 g/mol. The molecule has 1 nitrogen and oxygen atoms in total. The van der Waals surface area contributed by atoms with Gasteiger partial charge in [0.1, 0.15) is 0 Å². The van der Waals surface area contributed by atoms with E-state index >= 15 is 0 Å². The molecule has 1 aromatic heterocycles. The Kier molecular flexibility index (Phi) is 3.31. The minimum Gasteiger partial charge on any atom is -0.192 e. The first-order valence-electron chi connectivity index (χ1n) is 6.33. The Hall–Kier alpha value is -2.11. The summed E-state index contributed by atoms with van der Waals surface area (Å²) in [5.74, 6) is 0. The molecule has 0 aliphatic heterocycles. The second-order valence-electron chi connectivity index (χ2n) is 4.52. The highest BCUT2D eigenvalue weighted by Crippen LogP contribution is 2.33. The Morgan fingerprint density at radius 1 is 1.21 bits per heavy atom. The third-order valence-corrected chi connectivity index (χ3v) is 4.38. The third-order valence-electron chi connectivity index (χ3n) is 3.19. The molecule has 0 saturated carbocycles. The SMILES string of the molecule is N#CC1=C/C=C/CC/C(c2cc3ccccc3s2)=C\1. The lowest BCUT2D eigenvalue weighted by molar-refractivity contribution is 1.07. The fraction of sp³-hybridized carbons (Fsp3) is 0.118. The van der Waals surface area contributed by atoms with Crippen LogP contribution in [0.2, 0.25) is 0 Å². The topological polar surface area (TPSA) is 23.8 Å². The number of rotatable bonds is 1. The van der Waals surface area contributed by atoms with E-state index in [9.17, 15) is 0 Å². The highest BCUT2D eigenvalue weighted by Gasteiger charge is 2.08. The van der Waals surface area contributed by atoms with Crippen LogP contribution in [0.1, 0.15) is 17.7 Å². The monoisotopic (exact) mass is 263 g/mol. The average Bonchev–Trinajstić information content (AvgIpc) is 2.82. The van der Waals surface area contributed by atoms with Crippen LogP contribution in [0.25, 0.3) is 15.7 Å². The molecule has 3 rings (SSSR count). The molecule has 1 aliphatic carbocycles. The van der Waals surface area contributed by atoms with E-state index in [1.54, 1.807) is 11.3 Å². The zero-order valence-electron chi connectivity index (χ0n) is 10.5. The molecule has 0 unspecified atom stereocenters. The fourth-order valence-corrected chi connectivity index (χ4v) is 3.33. The summed E-state index contributed by atoms with van der Waals surface area (Å²) in [6.45, 7) is 0. The van der Waals surface area contributed by atoms with Gasteiger partial charge in [0.05, 0.1) is 11.6 Å². The predicted molar refractivity (Wildman–Crippen MR) is 81.9 cm³/mol. The van der Waals surface area contributed by atoms with Gasteiger partial charge in [-0.1, -0.05) is 30.4 Å². The number of hydrogen-bond acceptors (Lipinski definition) is 2. The maximum atomic E-state index is 9.12. The molecule has 2 heteroatoms. The molecule has 0 bridgehead atoms. The Balaban J connectivity index is 2.07. The number of nitrogens with zero attached hydrogens (tertiary/aromatic N) is 1. The average molecular weight is 263 g/mol. The highest BCUT2D eigenvalue weighted by molar-refractivity contribution is 7.20. The van der Waals surface area contributed by atoms with Gasteiger partial charge in [-0.3, -0.25) is 0 Å². The lowest BCUT2D eigenvalue weighted by Crippen LogP contribution is -1.85. The standard InChI is InChI=1S/C17H13NS/c18-12-13-6-2-1-3-7-14(10-13)17-11-15-8-4-5-9-16(15)19-17/h1-2,4-6,8-11H,3,7H2/b2-1+,13-6+,14-10+. The van der Waals surface area contributed by atoms with Crippen molar-refractivity contribution in [1.82, 2.24) is 0 Å². The van der Waals surface area contributed by atoms with Crippen molar-refractivity contribution in [3.63, 3.8) is 0 Å². The number of allylic oxidation sites excluding steroid dienone is 6. The molecule has 0 fully saturated rings. The largest absolute Gasteiger partial charge is 0.192 e. The van der Waals surface area contributed by atoms with Crippen molar-refractivity contribution in [2.45, 2.75) is 12.8 Å². The summed E-state index contributed by atoms with van der Waals surface area (Å²) in [7, 11) is 0. The van der Waals surface area contributed by atoms with E-state index in [1.165, 1.54) is 20.5 Å². The minimum absolute atomic E-state index is 0.725. The Morgan fingerprint density at radius 2 is 2.11 bits per heavy atom. The van der Waals surface area contributed by atoms with Crippen LogP contribution in [0.5, 0.6) is 0 Å². The molecule has 0 saturated heterocycles. The van der Waals surface area contributed by atoms with Crippen molar-refractivity contribution in [2.24, 2.45) is 0 Å². The molecule has 19 heavy (non-hydrogen) atoms. The Bertz CT molecular complexity index is 705. The smallest absolute Gasteiger partial charge is 0.0991 e. The zero-order valence-corrected chi connectivity index (χ0v) is 11.3. The van der Waals surface area contributed by atoms with E-state index in [1.807, 2.05) is 18.2 Å². The van der Waals surface area contributed by atoms with Gasteiger partial charge in [-0.15, -0.1) is 11.3 Å². The molecular formula is C17H13NS. The van der Waals surface area contributed by atoms with Gasteiger partial charge in [0.2, 0.25) is 0 Å². The van der Waals surface area contributed by atoms with Gasteiger partial charge < -0.3 is 0 Å². The second kappa shape index (κ2) is 5.26. The van der Waals surface area contributed by atoms with Crippen LogP contribution >= 0.6 is 11.3 Å². The molecule has 0 atom stereocenters. The van der Waals surface area contributed by atoms with Crippen LogP contribution in [-0.2, 0) is 0 Å². The summed E-state index contributed by atoms with van der Waals surface area (Å²) in [4.78, 5) is 1.28. The van der Waals surface area contributed by atoms with Gasteiger partial charge in [0.25, 0.3) is 0 Å². The first-order chi connectivity index (χ1) is 9.36. The highest BCUT2D eigenvalue weighted by atomic mass is 32.1. The van der Waals surface area contributed by atoms with Crippen molar-refractivity contribution >= 4 is 27.0 Å². The van der Waals surface area contributed by atoms with E-state index < -0.39 is 0 Å². The molecule has 92 valence electrons. The summed E-state index contributed by atoms with van der Waals surface area (Å²) in [6.07, 6.45) is 10.0. The molecule has 0 radical (unpaired) electrons. The maximum absolute atomic E-state index is 9.12. The van der Waals surface area contributed by atoms with E-state index in [4.69, 9.17) is 5.26 Å². The molecule has 0 spiro atoms. The van der Waals surface area contributed by atoms with Gasteiger partial charge >= 0.3 is 0 Å². The Morgan fingerprint density at radius 3 is 2.95 bits per heavy atom. The molecule has 0 amide bonds. The van der Waals surface area contributed by atoms with Crippen molar-refractivity contribution in [1.29, 1.82) is 5.26 Å². The number of nitriles is 1. The predicted octanol–water partition coefficient (Wildman–Crippen LogP) is 5.08. The first kappa shape index (κ1) is 12.0. The quantitative estimate of drug-likeness (QED) is 0.703. The van der Waals surface area contributed by atoms with Crippen LogP contribution in [0, 0.1) is 11.3 Å². The number of hydrogen-bond donors (Lipinski definition) is 0. The molecule has 1 aliphatic rings. The van der Waals surface area contributed by atoms with Gasteiger partial charge in [0, 0.05) is 9.58 Å². The number of fused-ring (bicyclic) bond motifs is 1. The van der Waals surface area contributed by atoms with Crippen molar-refractivity contribution in [3.8, 4) is 6.07 Å². The summed E-state index contributed by atoms with van der Waals surface area (Å²) < 4.78 is 1.30. The van der Waals surface area contributed by atoms with Crippen molar-refractivity contribution < 1.29 is 0 Å². The lowest BCUT2D eigenvalue weighted by Gasteiger charge is -2.05. The normalized spacial score (nSPS) is 22.5. The summed E-state index contributed by atoms with van der Waals surface area (Å²) >= 11 is 1.80. The van der Waals surface area contributed by atoms with Crippen LogP contribution in [0.15, 0.2) is 60.2 Å². The van der Waals surface area contributed by atoms with E-state index in [0.29, 0.717) is 0 Å². The molecule has 1 aromatic carbocycles. The summed E-state index contributed by atoms with van der Waals surface area (Å²) in [5, 5.41) is 10.4. The first-order valence-corrected chi connectivity index (χ1v) is 7.15. The fourth-order valence-electron chi connectivity index (χ4n) is 2.22. The Labute approximate surface area is 116 Å². The second-order valence-corrected chi connectivity index (χ2v) is 5.60. The molecule has 2 aromatic rings. The van der Waals surface area contributed by atoms with E-state index in [0.717, 1.165) is 18.4 Å². The van der Waals surface area contributed by atoms with Crippen LogP contribution < -0.4 is 0 Å². The van der Waals surface area contributed by atoms with Crippen LogP contribution in [0.4, 0.5) is 0 Å². The third kappa shape index (κ3) is 2.52.